The third-order valence-electron chi connectivity index (χ3n) is 1.40. The Morgan fingerprint density at radius 2 is 2.00 bits per heavy atom. The average Bonchev–Trinajstić information content (AvgIpc) is 2.40. The molecular formula is C10H11. The third kappa shape index (κ3) is 2.02. The van der Waals surface area contributed by atoms with Crippen LogP contribution in [0, 0.1) is 31.6 Å². The Hall–Kier alpha value is -0.520. The first-order chi connectivity index (χ1) is 4.83. The fourth-order valence-electron chi connectivity index (χ4n) is 0.807. The normalized spacial score (nSPS) is 21.5. The second-order valence-corrected chi connectivity index (χ2v) is 2.31. The molecule has 51 valence electrons. The van der Waals surface area contributed by atoms with Crippen LogP contribution in [0.4, 0.5) is 0 Å². The monoisotopic (exact) mass is 131 g/mol. The molecule has 1 saturated carbocycles. The molecule has 0 unspecified atom stereocenters. The molecule has 1 rings (SSSR count). The lowest BCUT2D eigenvalue weighted by Gasteiger charge is -1.99. The molecule has 0 amide bonds. The molecule has 10 heavy (non-hydrogen) atoms. The highest BCUT2D eigenvalue weighted by Crippen LogP contribution is 2.25. The van der Waals surface area contributed by atoms with Crippen molar-refractivity contribution in [2.45, 2.75) is 6.92 Å². The highest BCUT2D eigenvalue weighted by Gasteiger charge is 2.13. The van der Waals surface area contributed by atoms with Gasteiger partial charge in [-0.05, 0) is 32.6 Å². The van der Waals surface area contributed by atoms with Gasteiger partial charge in [-0.15, -0.1) is 0 Å². The zero-order valence-electron chi connectivity index (χ0n) is 6.17. The van der Waals surface area contributed by atoms with Crippen molar-refractivity contribution in [3.05, 3.63) is 55.9 Å². The van der Waals surface area contributed by atoms with Crippen LogP contribution < -0.4 is 0 Å². The Labute approximate surface area is 63.6 Å². The lowest BCUT2D eigenvalue weighted by Crippen LogP contribution is -1.85. The van der Waals surface area contributed by atoms with Crippen LogP contribution in [0.25, 0.3) is 0 Å². The van der Waals surface area contributed by atoms with Crippen LogP contribution in [0.2, 0.25) is 0 Å². The van der Waals surface area contributed by atoms with Crippen molar-refractivity contribution in [1.29, 1.82) is 0 Å². The smallest absolute Gasteiger partial charge is 0.00526 e. The fraction of sp³-hybridized carbons (Fsp3) is 0.100. The van der Waals surface area contributed by atoms with Gasteiger partial charge in [-0.25, -0.2) is 0 Å². The number of hydrogen-bond donors (Lipinski definition) is 0. The van der Waals surface area contributed by atoms with Crippen LogP contribution in [0.5, 0.6) is 0 Å². The molecular weight excluding hydrogens is 120 g/mol. The molecule has 0 spiro atoms. The molecule has 1 aliphatic carbocycles. The number of allylic oxidation sites excluding steroid dienone is 3. The van der Waals surface area contributed by atoms with Crippen LogP contribution in [-0.2, 0) is 0 Å². The van der Waals surface area contributed by atoms with Crippen LogP contribution in [-0.4, -0.2) is 0 Å². The molecule has 0 aromatic heterocycles. The molecule has 1 fully saturated rings. The Bertz CT molecular complexity index is 136. The Balaban J connectivity index is 2.42. The van der Waals surface area contributed by atoms with Crippen molar-refractivity contribution in [2.24, 2.45) is 0 Å². The number of rotatable bonds is 2. The second-order valence-electron chi connectivity index (χ2n) is 2.31. The summed E-state index contributed by atoms with van der Waals surface area (Å²) in [6.07, 6.45) is 12.2. The summed E-state index contributed by atoms with van der Waals surface area (Å²) >= 11 is 0. The average molecular weight is 131 g/mol. The summed E-state index contributed by atoms with van der Waals surface area (Å²) in [5, 5.41) is 0. The summed E-state index contributed by atoms with van der Waals surface area (Å²) in [6, 6.07) is 0. The first kappa shape index (κ1) is 7.59. The van der Waals surface area contributed by atoms with Gasteiger partial charge >= 0.3 is 0 Å². The van der Waals surface area contributed by atoms with Gasteiger partial charge in [0.05, 0.1) is 0 Å². The molecule has 0 aromatic rings. The molecule has 5 radical (unpaired) electrons. The van der Waals surface area contributed by atoms with Gasteiger partial charge in [-0.3, -0.25) is 0 Å². The van der Waals surface area contributed by atoms with E-state index in [2.05, 4.69) is 25.5 Å². The van der Waals surface area contributed by atoms with Gasteiger partial charge in [0, 0.05) is 5.92 Å². The van der Waals surface area contributed by atoms with Crippen LogP contribution in [0.3, 0.4) is 0 Å². The van der Waals surface area contributed by atoms with Crippen molar-refractivity contribution >= 4 is 0 Å². The van der Waals surface area contributed by atoms with E-state index in [-0.39, 0.29) is 0 Å². The van der Waals surface area contributed by atoms with Crippen molar-refractivity contribution in [3.8, 4) is 0 Å². The minimum absolute atomic E-state index is 1.20. The van der Waals surface area contributed by atoms with Gasteiger partial charge in [0.2, 0.25) is 0 Å². The molecule has 0 heterocycles. The van der Waals surface area contributed by atoms with Crippen LogP contribution >= 0.6 is 0 Å². The maximum atomic E-state index is 3.67. The second kappa shape index (κ2) is 3.60. The van der Waals surface area contributed by atoms with E-state index in [9.17, 15) is 0 Å². The number of hydrogen-bond acceptors (Lipinski definition) is 0. The lowest BCUT2D eigenvalue weighted by molar-refractivity contribution is 1.33. The summed E-state index contributed by atoms with van der Waals surface area (Å²) in [6.45, 7) is 5.71. The standard InChI is InChI=1S/C10H11/c1-3-9(2)8-10-6-4-5-7-10/h3-8H,1H2,2H3/b9-8+. The summed E-state index contributed by atoms with van der Waals surface area (Å²) in [5.41, 5.74) is 1.20. The maximum Gasteiger partial charge on any atom is 0.00526 e. The predicted molar refractivity (Wildman–Crippen MR) is 44.4 cm³/mol. The molecule has 0 aromatic carbocycles. The van der Waals surface area contributed by atoms with Crippen molar-refractivity contribution in [1.82, 2.24) is 0 Å². The lowest BCUT2D eigenvalue weighted by atomic mass is 10.1. The first-order valence-electron chi connectivity index (χ1n) is 3.35. The molecule has 0 heteroatoms. The van der Waals surface area contributed by atoms with Crippen molar-refractivity contribution in [3.63, 3.8) is 0 Å². The van der Waals surface area contributed by atoms with Gasteiger partial charge in [-0.1, -0.05) is 24.3 Å². The van der Waals surface area contributed by atoms with E-state index in [1.165, 1.54) is 11.5 Å². The highest BCUT2D eigenvalue weighted by molar-refractivity contribution is 5.44. The van der Waals surface area contributed by atoms with E-state index in [0.29, 0.717) is 0 Å². The Morgan fingerprint density at radius 3 is 2.50 bits per heavy atom. The molecule has 1 aliphatic rings. The SMILES string of the molecule is C=C/C(C)=C/[C]1[CH][CH][CH][CH]1. The Morgan fingerprint density at radius 1 is 1.40 bits per heavy atom. The minimum Gasteiger partial charge on any atom is -0.0988 e. The third-order valence-corrected chi connectivity index (χ3v) is 1.40. The van der Waals surface area contributed by atoms with E-state index in [1.807, 2.05) is 25.8 Å². The minimum atomic E-state index is 1.20. The van der Waals surface area contributed by atoms with E-state index in [1.54, 1.807) is 0 Å². The quantitative estimate of drug-likeness (QED) is 0.505. The van der Waals surface area contributed by atoms with Gasteiger partial charge in [-0.2, -0.15) is 0 Å². The summed E-state index contributed by atoms with van der Waals surface area (Å²) in [4.78, 5) is 0. The molecule has 0 bridgehead atoms. The van der Waals surface area contributed by atoms with E-state index >= 15 is 0 Å². The molecule has 0 N–H and O–H groups in total. The topological polar surface area (TPSA) is 0 Å². The molecule has 0 nitrogen and oxygen atoms in total. The van der Waals surface area contributed by atoms with Crippen molar-refractivity contribution in [2.75, 3.05) is 0 Å². The molecule has 0 aliphatic heterocycles. The largest absolute Gasteiger partial charge is 0.0988 e. The highest BCUT2D eigenvalue weighted by atomic mass is 14.2. The van der Waals surface area contributed by atoms with Gasteiger partial charge in [0.1, 0.15) is 0 Å². The molecule has 0 atom stereocenters. The van der Waals surface area contributed by atoms with Gasteiger partial charge in [0.15, 0.2) is 0 Å². The van der Waals surface area contributed by atoms with Crippen molar-refractivity contribution < 1.29 is 0 Å². The molecule has 0 saturated heterocycles. The van der Waals surface area contributed by atoms with Gasteiger partial charge < -0.3 is 0 Å². The van der Waals surface area contributed by atoms with E-state index in [4.69, 9.17) is 0 Å². The predicted octanol–water partition coefficient (Wildman–Crippen LogP) is 2.52. The Kier molecular flexibility index (Phi) is 2.73. The fourth-order valence-corrected chi connectivity index (χ4v) is 0.807. The first-order valence-corrected chi connectivity index (χ1v) is 3.35. The zero-order chi connectivity index (χ0) is 7.40. The zero-order valence-corrected chi connectivity index (χ0v) is 6.17. The van der Waals surface area contributed by atoms with Crippen LogP contribution in [0.1, 0.15) is 6.92 Å². The summed E-state index contributed by atoms with van der Waals surface area (Å²) < 4.78 is 0. The van der Waals surface area contributed by atoms with E-state index < -0.39 is 0 Å². The van der Waals surface area contributed by atoms with Gasteiger partial charge in [0.25, 0.3) is 0 Å². The van der Waals surface area contributed by atoms with E-state index in [0.717, 1.165) is 0 Å². The maximum absolute atomic E-state index is 3.67. The summed E-state index contributed by atoms with van der Waals surface area (Å²) in [7, 11) is 0. The van der Waals surface area contributed by atoms with Crippen LogP contribution in [0.15, 0.2) is 24.3 Å². The summed E-state index contributed by atoms with van der Waals surface area (Å²) in [5.74, 6) is 1.25.